The predicted octanol–water partition coefficient (Wildman–Crippen LogP) is 1.39. The quantitative estimate of drug-likeness (QED) is 0.779. The first-order chi connectivity index (χ1) is 7.69. The van der Waals surface area contributed by atoms with Crippen molar-refractivity contribution in [3.63, 3.8) is 0 Å². The first-order valence-electron chi connectivity index (χ1n) is 6.71. The lowest BCUT2D eigenvalue weighted by Gasteiger charge is -2.31. The molecule has 1 amide bonds. The van der Waals surface area contributed by atoms with E-state index in [0.29, 0.717) is 11.9 Å². The fraction of sp³-hybridized carbons (Fsp3) is 0.923. The Kier molecular flexibility index (Phi) is 2.46. The Hall–Kier alpha value is -0.570. The second-order valence-electron chi connectivity index (χ2n) is 6.12. The van der Waals surface area contributed by atoms with Gasteiger partial charge in [0.15, 0.2) is 0 Å². The van der Waals surface area contributed by atoms with Gasteiger partial charge in [0.2, 0.25) is 5.91 Å². The van der Waals surface area contributed by atoms with Crippen molar-refractivity contribution in [3.05, 3.63) is 0 Å². The number of hydrogen-bond acceptors (Lipinski definition) is 2. The average Bonchev–Trinajstić information content (AvgIpc) is 3.16. The van der Waals surface area contributed by atoms with Crippen molar-refractivity contribution in [2.75, 3.05) is 19.6 Å². The van der Waals surface area contributed by atoms with Crippen LogP contribution in [-0.2, 0) is 4.79 Å². The lowest BCUT2D eigenvalue weighted by molar-refractivity contribution is -0.141. The van der Waals surface area contributed by atoms with Crippen molar-refractivity contribution >= 4 is 5.91 Å². The molecule has 0 aromatic heterocycles. The molecule has 16 heavy (non-hydrogen) atoms. The van der Waals surface area contributed by atoms with Crippen molar-refractivity contribution in [1.82, 2.24) is 10.2 Å². The van der Waals surface area contributed by atoms with Crippen LogP contribution >= 0.6 is 0 Å². The molecule has 2 aliphatic carbocycles. The molecule has 1 N–H and O–H groups in total. The SMILES string of the molecule is CC1(C(=O)N(CC2CC2)C2CC2)CCNC1. The van der Waals surface area contributed by atoms with E-state index in [4.69, 9.17) is 0 Å². The summed E-state index contributed by atoms with van der Waals surface area (Å²) in [7, 11) is 0. The largest absolute Gasteiger partial charge is 0.339 e. The summed E-state index contributed by atoms with van der Waals surface area (Å²) in [4.78, 5) is 14.8. The van der Waals surface area contributed by atoms with Crippen molar-refractivity contribution in [2.24, 2.45) is 11.3 Å². The normalized spacial score (nSPS) is 34.1. The Morgan fingerprint density at radius 3 is 2.62 bits per heavy atom. The first kappa shape index (κ1) is 10.6. The maximum atomic E-state index is 12.6. The van der Waals surface area contributed by atoms with Crippen LogP contribution in [0.5, 0.6) is 0 Å². The van der Waals surface area contributed by atoms with Gasteiger partial charge in [-0.3, -0.25) is 4.79 Å². The van der Waals surface area contributed by atoms with E-state index in [1.54, 1.807) is 0 Å². The molecule has 1 heterocycles. The van der Waals surface area contributed by atoms with Crippen LogP contribution < -0.4 is 5.32 Å². The molecule has 0 radical (unpaired) electrons. The van der Waals surface area contributed by atoms with Gasteiger partial charge in [-0.05, 0) is 51.5 Å². The van der Waals surface area contributed by atoms with Crippen LogP contribution in [0.3, 0.4) is 0 Å². The summed E-state index contributed by atoms with van der Waals surface area (Å²) in [5.41, 5.74) is -0.114. The molecular formula is C13H22N2O. The second-order valence-corrected chi connectivity index (χ2v) is 6.12. The summed E-state index contributed by atoms with van der Waals surface area (Å²) in [6.45, 7) is 5.06. The molecule has 3 aliphatic rings. The van der Waals surface area contributed by atoms with Gasteiger partial charge in [-0.25, -0.2) is 0 Å². The van der Waals surface area contributed by atoms with Gasteiger partial charge in [0.1, 0.15) is 0 Å². The minimum Gasteiger partial charge on any atom is -0.339 e. The minimum atomic E-state index is -0.114. The predicted molar refractivity (Wildman–Crippen MR) is 63.1 cm³/mol. The zero-order chi connectivity index (χ0) is 11.2. The summed E-state index contributed by atoms with van der Waals surface area (Å²) in [6, 6.07) is 0.588. The Bertz CT molecular complexity index is 288. The summed E-state index contributed by atoms with van der Waals surface area (Å²) in [6.07, 6.45) is 6.17. The molecule has 3 heteroatoms. The molecule has 0 aromatic carbocycles. The number of carbonyl (C=O) groups is 1. The third kappa shape index (κ3) is 1.97. The molecule has 1 unspecified atom stereocenters. The van der Waals surface area contributed by atoms with Crippen LogP contribution in [0.4, 0.5) is 0 Å². The highest BCUT2D eigenvalue weighted by molar-refractivity contribution is 5.83. The van der Waals surface area contributed by atoms with Gasteiger partial charge in [0.25, 0.3) is 0 Å². The summed E-state index contributed by atoms with van der Waals surface area (Å²) in [5, 5.41) is 3.33. The maximum absolute atomic E-state index is 12.6. The Labute approximate surface area is 97.6 Å². The number of nitrogens with one attached hydrogen (secondary N) is 1. The molecular weight excluding hydrogens is 200 g/mol. The van der Waals surface area contributed by atoms with E-state index >= 15 is 0 Å². The van der Waals surface area contributed by atoms with Crippen molar-refractivity contribution in [2.45, 2.75) is 45.1 Å². The molecule has 1 aliphatic heterocycles. The van der Waals surface area contributed by atoms with E-state index in [0.717, 1.165) is 32.0 Å². The first-order valence-corrected chi connectivity index (χ1v) is 6.71. The number of amides is 1. The molecule has 2 saturated carbocycles. The van der Waals surface area contributed by atoms with Gasteiger partial charge in [-0.1, -0.05) is 0 Å². The lowest BCUT2D eigenvalue weighted by Crippen LogP contribution is -2.45. The molecule has 0 bridgehead atoms. The van der Waals surface area contributed by atoms with E-state index in [9.17, 15) is 4.79 Å². The van der Waals surface area contributed by atoms with Crippen LogP contribution in [0.25, 0.3) is 0 Å². The third-order valence-electron chi connectivity index (χ3n) is 4.29. The van der Waals surface area contributed by atoms with Crippen LogP contribution in [0.2, 0.25) is 0 Å². The highest BCUT2D eigenvalue weighted by atomic mass is 16.2. The maximum Gasteiger partial charge on any atom is 0.230 e. The highest BCUT2D eigenvalue weighted by Crippen LogP contribution is 2.38. The van der Waals surface area contributed by atoms with E-state index in [1.165, 1.54) is 25.7 Å². The molecule has 0 aromatic rings. The molecule has 90 valence electrons. The Morgan fingerprint density at radius 2 is 2.12 bits per heavy atom. The summed E-state index contributed by atoms with van der Waals surface area (Å²) < 4.78 is 0. The van der Waals surface area contributed by atoms with Gasteiger partial charge in [0.05, 0.1) is 5.41 Å². The van der Waals surface area contributed by atoms with E-state index in [1.807, 2.05) is 0 Å². The Morgan fingerprint density at radius 1 is 1.38 bits per heavy atom. The van der Waals surface area contributed by atoms with Gasteiger partial charge >= 0.3 is 0 Å². The molecule has 3 fully saturated rings. The van der Waals surface area contributed by atoms with Crippen LogP contribution in [0, 0.1) is 11.3 Å². The van der Waals surface area contributed by atoms with Crippen LogP contribution in [0.1, 0.15) is 39.0 Å². The number of hydrogen-bond donors (Lipinski definition) is 1. The van der Waals surface area contributed by atoms with E-state index in [2.05, 4.69) is 17.1 Å². The smallest absolute Gasteiger partial charge is 0.230 e. The van der Waals surface area contributed by atoms with Crippen molar-refractivity contribution in [3.8, 4) is 0 Å². The zero-order valence-electron chi connectivity index (χ0n) is 10.2. The van der Waals surface area contributed by atoms with Crippen LogP contribution in [-0.4, -0.2) is 36.5 Å². The topological polar surface area (TPSA) is 32.3 Å². The van der Waals surface area contributed by atoms with Gasteiger partial charge in [0, 0.05) is 19.1 Å². The minimum absolute atomic E-state index is 0.114. The van der Waals surface area contributed by atoms with Gasteiger partial charge < -0.3 is 10.2 Å². The molecule has 3 rings (SSSR count). The second kappa shape index (κ2) is 3.73. The molecule has 1 saturated heterocycles. The highest BCUT2D eigenvalue weighted by Gasteiger charge is 2.45. The number of rotatable bonds is 4. The van der Waals surface area contributed by atoms with Crippen LogP contribution in [0.15, 0.2) is 0 Å². The Balaban J connectivity index is 1.69. The fourth-order valence-corrected chi connectivity index (χ4v) is 2.71. The molecule has 3 nitrogen and oxygen atoms in total. The molecule has 1 atom stereocenters. The molecule has 0 spiro atoms. The monoisotopic (exact) mass is 222 g/mol. The number of carbonyl (C=O) groups excluding carboxylic acids is 1. The van der Waals surface area contributed by atoms with Gasteiger partial charge in [-0.2, -0.15) is 0 Å². The summed E-state index contributed by atoms with van der Waals surface area (Å²) >= 11 is 0. The van der Waals surface area contributed by atoms with Crippen molar-refractivity contribution < 1.29 is 4.79 Å². The standard InChI is InChI=1S/C13H22N2O/c1-13(6-7-14-9-13)12(16)15(11-4-5-11)8-10-2-3-10/h10-11,14H,2-9H2,1H3. The number of nitrogens with zero attached hydrogens (tertiary/aromatic N) is 1. The average molecular weight is 222 g/mol. The summed E-state index contributed by atoms with van der Waals surface area (Å²) in [5.74, 6) is 1.24. The third-order valence-corrected chi connectivity index (χ3v) is 4.29. The van der Waals surface area contributed by atoms with Crippen molar-refractivity contribution in [1.29, 1.82) is 0 Å². The fourth-order valence-electron chi connectivity index (χ4n) is 2.71. The van der Waals surface area contributed by atoms with E-state index in [-0.39, 0.29) is 5.41 Å². The lowest BCUT2D eigenvalue weighted by atomic mass is 9.88. The van der Waals surface area contributed by atoms with E-state index < -0.39 is 0 Å². The zero-order valence-corrected chi connectivity index (χ0v) is 10.2. The van der Waals surface area contributed by atoms with Gasteiger partial charge in [-0.15, -0.1) is 0 Å².